The summed E-state index contributed by atoms with van der Waals surface area (Å²) in [5.74, 6) is 0.0217. The lowest BCUT2D eigenvalue weighted by molar-refractivity contribution is -0.120. The number of hydrogen-bond acceptors (Lipinski definition) is 2. The maximum atomic E-state index is 10.8. The smallest absolute Gasteiger partial charge is 0.233 e. The van der Waals surface area contributed by atoms with Crippen molar-refractivity contribution >= 4 is 21.8 Å². The molecule has 3 nitrogen and oxygen atoms in total. The average molecular weight is 209 g/mol. The number of hydrogen-bond donors (Lipinski definition) is 2. The summed E-state index contributed by atoms with van der Waals surface area (Å²) < 4.78 is 0. The Bertz CT molecular complexity index is 106. The maximum absolute atomic E-state index is 10.8. The van der Waals surface area contributed by atoms with E-state index in [9.17, 15) is 4.79 Å². The monoisotopic (exact) mass is 208 g/mol. The molecule has 1 amide bonds. The van der Waals surface area contributed by atoms with Gasteiger partial charge in [0, 0.05) is 6.54 Å². The van der Waals surface area contributed by atoms with Gasteiger partial charge in [0.25, 0.3) is 0 Å². The molecule has 1 unspecified atom stereocenters. The Morgan fingerprint density at radius 1 is 1.80 bits per heavy atom. The lowest BCUT2D eigenvalue weighted by atomic mass is 10.4. The number of rotatable bonds is 4. The third kappa shape index (κ3) is 4.76. The van der Waals surface area contributed by atoms with Gasteiger partial charge >= 0.3 is 0 Å². The quantitative estimate of drug-likeness (QED) is 0.514. The van der Waals surface area contributed by atoms with Crippen LogP contribution in [0.2, 0.25) is 0 Å². The molecule has 60 valence electrons. The van der Waals surface area contributed by atoms with E-state index in [0.29, 0.717) is 13.1 Å². The molecule has 10 heavy (non-hydrogen) atoms. The highest BCUT2D eigenvalue weighted by atomic mass is 79.9. The first-order valence-corrected chi connectivity index (χ1v) is 4.22. The van der Waals surface area contributed by atoms with Crippen LogP contribution in [0.4, 0.5) is 0 Å². The van der Waals surface area contributed by atoms with Crippen molar-refractivity contribution in [1.29, 1.82) is 0 Å². The largest absolute Gasteiger partial charge is 0.355 e. The van der Waals surface area contributed by atoms with Crippen LogP contribution >= 0.6 is 15.9 Å². The first kappa shape index (κ1) is 9.91. The third-order valence-electron chi connectivity index (χ3n) is 1.04. The number of alkyl halides is 1. The third-order valence-corrected chi connectivity index (χ3v) is 1.46. The summed E-state index contributed by atoms with van der Waals surface area (Å²) in [7, 11) is 0. The predicted molar refractivity (Wildman–Crippen MR) is 45.1 cm³/mol. The first-order valence-electron chi connectivity index (χ1n) is 3.30. The van der Waals surface area contributed by atoms with Crippen LogP contribution in [0.3, 0.4) is 0 Å². The van der Waals surface area contributed by atoms with E-state index in [1.807, 2.05) is 0 Å². The summed E-state index contributed by atoms with van der Waals surface area (Å²) in [5.41, 5.74) is 5.23. The van der Waals surface area contributed by atoms with Gasteiger partial charge < -0.3 is 11.1 Å². The van der Waals surface area contributed by atoms with Gasteiger partial charge in [0.2, 0.25) is 5.91 Å². The molecule has 0 saturated heterocycles. The Morgan fingerprint density at radius 2 is 2.40 bits per heavy atom. The molecule has 1 atom stereocenters. The van der Waals surface area contributed by atoms with Crippen LogP contribution in [0.15, 0.2) is 0 Å². The van der Waals surface area contributed by atoms with Crippen LogP contribution in [0.1, 0.15) is 13.3 Å². The molecule has 0 aliphatic rings. The Morgan fingerprint density at radius 3 is 2.80 bits per heavy atom. The highest BCUT2D eigenvalue weighted by Crippen LogP contribution is 1.95. The van der Waals surface area contributed by atoms with Gasteiger partial charge in [-0.05, 0) is 19.9 Å². The van der Waals surface area contributed by atoms with Crippen molar-refractivity contribution in [3.63, 3.8) is 0 Å². The van der Waals surface area contributed by atoms with Crippen LogP contribution in [0, 0.1) is 0 Å². The lowest BCUT2D eigenvalue weighted by Gasteiger charge is -2.04. The zero-order valence-corrected chi connectivity index (χ0v) is 7.65. The SMILES string of the molecule is CC(Br)C(=O)NCCCN. The van der Waals surface area contributed by atoms with E-state index in [-0.39, 0.29) is 10.7 Å². The summed E-state index contributed by atoms with van der Waals surface area (Å²) in [6, 6.07) is 0. The number of nitrogens with one attached hydrogen (secondary N) is 1. The van der Waals surface area contributed by atoms with Gasteiger partial charge in [0.1, 0.15) is 0 Å². The summed E-state index contributed by atoms with van der Waals surface area (Å²) in [6.45, 7) is 3.08. The Hall–Kier alpha value is -0.0900. The zero-order chi connectivity index (χ0) is 7.98. The van der Waals surface area contributed by atoms with Crippen LogP contribution in [0.25, 0.3) is 0 Å². The molecule has 0 heterocycles. The average Bonchev–Trinajstić information content (AvgIpc) is 1.88. The van der Waals surface area contributed by atoms with E-state index in [4.69, 9.17) is 5.73 Å². The molecule has 0 aromatic rings. The molecule has 0 aromatic carbocycles. The van der Waals surface area contributed by atoms with E-state index in [0.717, 1.165) is 6.42 Å². The molecule has 0 aliphatic heterocycles. The van der Waals surface area contributed by atoms with Crippen molar-refractivity contribution in [1.82, 2.24) is 5.32 Å². The Kier molecular flexibility index (Phi) is 5.63. The molecule has 3 N–H and O–H groups in total. The second-order valence-corrected chi connectivity index (χ2v) is 3.42. The molecule has 0 saturated carbocycles. The molecule has 0 rings (SSSR count). The minimum Gasteiger partial charge on any atom is -0.355 e. The van der Waals surface area contributed by atoms with Crippen molar-refractivity contribution in [2.24, 2.45) is 5.73 Å². The summed E-state index contributed by atoms with van der Waals surface area (Å²) in [4.78, 5) is 10.7. The summed E-state index contributed by atoms with van der Waals surface area (Å²) in [5, 5.41) is 2.72. The van der Waals surface area contributed by atoms with Crippen molar-refractivity contribution < 1.29 is 4.79 Å². The second kappa shape index (κ2) is 5.68. The zero-order valence-electron chi connectivity index (χ0n) is 6.06. The van der Waals surface area contributed by atoms with Gasteiger partial charge in [-0.1, -0.05) is 15.9 Å². The molecule has 0 aromatic heterocycles. The maximum Gasteiger partial charge on any atom is 0.233 e. The van der Waals surface area contributed by atoms with E-state index in [1.165, 1.54) is 0 Å². The number of carbonyl (C=O) groups is 1. The molecule has 0 fully saturated rings. The van der Waals surface area contributed by atoms with Crippen LogP contribution in [0.5, 0.6) is 0 Å². The van der Waals surface area contributed by atoms with Gasteiger partial charge in [-0.2, -0.15) is 0 Å². The van der Waals surface area contributed by atoms with Crippen molar-refractivity contribution in [2.45, 2.75) is 18.2 Å². The van der Waals surface area contributed by atoms with Crippen LogP contribution in [-0.4, -0.2) is 23.8 Å². The summed E-state index contributed by atoms with van der Waals surface area (Å²) in [6.07, 6.45) is 0.839. The highest BCUT2D eigenvalue weighted by molar-refractivity contribution is 9.10. The molecular weight excluding hydrogens is 196 g/mol. The van der Waals surface area contributed by atoms with Gasteiger partial charge in [-0.15, -0.1) is 0 Å². The van der Waals surface area contributed by atoms with Crippen LogP contribution < -0.4 is 11.1 Å². The van der Waals surface area contributed by atoms with Gasteiger partial charge in [0.15, 0.2) is 0 Å². The molecular formula is C6H13BrN2O. The van der Waals surface area contributed by atoms with Gasteiger partial charge in [-0.3, -0.25) is 4.79 Å². The fraction of sp³-hybridized carbons (Fsp3) is 0.833. The van der Waals surface area contributed by atoms with E-state index in [2.05, 4.69) is 21.2 Å². The fourth-order valence-corrected chi connectivity index (χ4v) is 0.616. The van der Waals surface area contributed by atoms with Gasteiger partial charge in [-0.25, -0.2) is 0 Å². The molecule has 0 bridgehead atoms. The Balaban J connectivity index is 3.22. The predicted octanol–water partition coefficient (Wildman–Crippen LogP) is 0.235. The first-order chi connectivity index (χ1) is 4.68. The molecule has 0 aliphatic carbocycles. The van der Waals surface area contributed by atoms with Gasteiger partial charge in [0.05, 0.1) is 4.83 Å². The topological polar surface area (TPSA) is 55.1 Å². The molecule has 4 heteroatoms. The lowest BCUT2D eigenvalue weighted by Crippen LogP contribution is -2.31. The van der Waals surface area contributed by atoms with E-state index < -0.39 is 0 Å². The van der Waals surface area contributed by atoms with E-state index in [1.54, 1.807) is 6.92 Å². The Labute approximate surface area is 69.5 Å². The standard InChI is InChI=1S/C6H13BrN2O/c1-5(7)6(10)9-4-2-3-8/h5H,2-4,8H2,1H3,(H,9,10). The summed E-state index contributed by atoms with van der Waals surface area (Å²) >= 11 is 3.15. The normalized spacial score (nSPS) is 12.7. The van der Waals surface area contributed by atoms with Crippen molar-refractivity contribution in [3.8, 4) is 0 Å². The van der Waals surface area contributed by atoms with Crippen molar-refractivity contribution in [2.75, 3.05) is 13.1 Å². The minimum absolute atomic E-state index is 0.0217. The number of carbonyl (C=O) groups excluding carboxylic acids is 1. The second-order valence-electron chi connectivity index (χ2n) is 2.05. The van der Waals surface area contributed by atoms with Crippen LogP contribution in [-0.2, 0) is 4.79 Å². The highest BCUT2D eigenvalue weighted by Gasteiger charge is 2.05. The minimum atomic E-state index is -0.106. The number of nitrogens with two attached hydrogens (primary N) is 1. The molecule has 0 spiro atoms. The van der Waals surface area contributed by atoms with E-state index >= 15 is 0 Å². The number of amides is 1. The number of halogens is 1. The fourth-order valence-electron chi connectivity index (χ4n) is 0.454. The van der Waals surface area contributed by atoms with Crippen molar-refractivity contribution in [3.05, 3.63) is 0 Å². The molecule has 0 radical (unpaired) electrons.